The summed E-state index contributed by atoms with van der Waals surface area (Å²) in [5, 5.41) is 0. The Morgan fingerprint density at radius 1 is 0.762 bits per heavy atom. The Labute approximate surface area is 247 Å². The second kappa shape index (κ2) is 15.3. The van der Waals surface area contributed by atoms with E-state index in [1.165, 1.54) is 11.3 Å². The molecule has 0 bridgehead atoms. The number of nitrogens with zero attached hydrogens (tertiary/aromatic N) is 3. The van der Waals surface area contributed by atoms with E-state index < -0.39 is 0 Å². The molecule has 222 valence electrons. The number of hydrogen-bond acceptors (Lipinski definition) is 9. The number of anilines is 2. The summed E-state index contributed by atoms with van der Waals surface area (Å²) in [6, 6.07) is 25.1. The maximum absolute atomic E-state index is 5.94. The molecule has 9 nitrogen and oxygen atoms in total. The number of hydrogen-bond donors (Lipinski definition) is 0. The van der Waals surface area contributed by atoms with Gasteiger partial charge in [-0.1, -0.05) is 36.4 Å². The van der Waals surface area contributed by atoms with Crippen LogP contribution in [0.25, 0.3) is 0 Å². The van der Waals surface area contributed by atoms with Crippen LogP contribution in [0, 0.1) is 0 Å². The van der Waals surface area contributed by atoms with Crippen molar-refractivity contribution in [1.29, 1.82) is 0 Å². The second-order valence-corrected chi connectivity index (χ2v) is 10.1. The average molecular weight is 574 g/mol. The smallest absolute Gasteiger partial charge is 0.298 e. The van der Waals surface area contributed by atoms with Crippen LogP contribution in [0.15, 0.2) is 83.5 Å². The molecule has 0 amide bonds. The van der Waals surface area contributed by atoms with Crippen molar-refractivity contribution < 1.29 is 28.1 Å². The Kier molecular flexibility index (Phi) is 10.7. The number of aromatic nitrogens is 1. The van der Waals surface area contributed by atoms with E-state index in [1.54, 1.807) is 20.5 Å². The molecule has 0 unspecified atom stereocenters. The van der Waals surface area contributed by atoms with Gasteiger partial charge in [0.25, 0.3) is 6.01 Å². The maximum atomic E-state index is 5.94. The van der Waals surface area contributed by atoms with Crippen molar-refractivity contribution in [1.82, 2.24) is 4.98 Å². The molecule has 0 radical (unpaired) electrons. The monoisotopic (exact) mass is 573 g/mol. The van der Waals surface area contributed by atoms with Crippen LogP contribution in [0.3, 0.4) is 0 Å². The Balaban J connectivity index is 1.17. The number of rotatable bonds is 15. The zero-order valence-electron chi connectivity index (χ0n) is 24.4. The van der Waals surface area contributed by atoms with E-state index in [-0.39, 0.29) is 0 Å². The molecule has 0 N–H and O–H groups in total. The van der Waals surface area contributed by atoms with Crippen LogP contribution in [0.1, 0.15) is 22.4 Å². The third kappa shape index (κ3) is 8.48. The van der Waals surface area contributed by atoms with E-state index in [2.05, 4.69) is 40.1 Å². The quantitative estimate of drug-likeness (QED) is 0.172. The van der Waals surface area contributed by atoms with Gasteiger partial charge >= 0.3 is 0 Å². The van der Waals surface area contributed by atoms with Crippen LogP contribution >= 0.6 is 0 Å². The molecule has 9 heteroatoms. The van der Waals surface area contributed by atoms with E-state index in [9.17, 15) is 0 Å². The highest BCUT2D eigenvalue weighted by atomic mass is 16.5. The fourth-order valence-corrected chi connectivity index (χ4v) is 4.79. The molecule has 2 heterocycles. The fourth-order valence-electron chi connectivity index (χ4n) is 4.79. The number of morpholine rings is 1. The van der Waals surface area contributed by atoms with Gasteiger partial charge in [-0.3, -0.25) is 0 Å². The normalized spacial score (nSPS) is 13.2. The largest absolute Gasteiger partial charge is 0.497 e. The number of oxazole rings is 1. The van der Waals surface area contributed by atoms with Crippen LogP contribution in [0.4, 0.5) is 11.7 Å². The van der Waals surface area contributed by atoms with Gasteiger partial charge in [-0.2, -0.15) is 4.98 Å². The molecule has 3 aromatic carbocycles. The van der Waals surface area contributed by atoms with Gasteiger partial charge in [-0.25, -0.2) is 0 Å². The van der Waals surface area contributed by atoms with Gasteiger partial charge in [0.15, 0.2) is 0 Å². The molecule has 42 heavy (non-hydrogen) atoms. The number of ether oxygens (including phenoxy) is 5. The zero-order chi connectivity index (χ0) is 29.0. The summed E-state index contributed by atoms with van der Waals surface area (Å²) in [6.07, 6.45) is 1.66. The van der Waals surface area contributed by atoms with Gasteiger partial charge in [0, 0.05) is 31.9 Å². The summed E-state index contributed by atoms with van der Waals surface area (Å²) in [7, 11) is 3.34. The van der Waals surface area contributed by atoms with Crippen molar-refractivity contribution in [3.8, 4) is 11.5 Å². The van der Waals surface area contributed by atoms with Gasteiger partial charge in [-0.05, 0) is 53.1 Å². The van der Waals surface area contributed by atoms with Crippen LogP contribution in [0.5, 0.6) is 11.5 Å². The highest BCUT2D eigenvalue weighted by Crippen LogP contribution is 2.24. The summed E-state index contributed by atoms with van der Waals surface area (Å²) >= 11 is 0. The maximum Gasteiger partial charge on any atom is 0.298 e. The first-order chi connectivity index (χ1) is 20.7. The van der Waals surface area contributed by atoms with Crippen molar-refractivity contribution in [3.63, 3.8) is 0 Å². The Morgan fingerprint density at radius 3 is 2.12 bits per heavy atom. The van der Waals surface area contributed by atoms with Crippen molar-refractivity contribution in [2.75, 3.05) is 63.5 Å². The molecule has 5 rings (SSSR count). The van der Waals surface area contributed by atoms with Crippen LogP contribution in [-0.2, 0) is 40.5 Å². The van der Waals surface area contributed by atoms with Crippen molar-refractivity contribution >= 4 is 11.7 Å². The molecule has 1 aliphatic rings. The highest BCUT2D eigenvalue weighted by molar-refractivity contribution is 5.48. The third-order valence-electron chi connectivity index (χ3n) is 7.03. The molecule has 1 fully saturated rings. The van der Waals surface area contributed by atoms with Gasteiger partial charge < -0.3 is 37.9 Å². The molecule has 1 aromatic heterocycles. The summed E-state index contributed by atoms with van der Waals surface area (Å²) in [5.41, 5.74) is 5.27. The minimum absolute atomic E-state index is 0.341. The van der Waals surface area contributed by atoms with Gasteiger partial charge in [0.1, 0.15) is 23.5 Å². The lowest BCUT2D eigenvalue weighted by Crippen LogP contribution is -2.36. The molecule has 4 aromatic rings. The van der Waals surface area contributed by atoms with E-state index in [0.717, 1.165) is 54.6 Å². The molecule has 0 atom stereocenters. The van der Waals surface area contributed by atoms with Crippen LogP contribution in [-0.4, -0.2) is 58.7 Å². The lowest BCUT2D eigenvalue weighted by atomic mass is 10.1. The minimum Gasteiger partial charge on any atom is -0.497 e. The first kappa shape index (κ1) is 29.4. The SMILES string of the molecule is COc1cccc(COCCOCc2coc(N(Cc3ccc(N4CCOCC4)cc3)Cc3cccc(OC)c3)n2)c1. The van der Waals surface area contributed by atoms with Gasteiger partial charge in [0.05, 0.1) is 53.9 Å². The summed E-state index contributed by atoms with van der Waals surface area (Å²) in [6.45, 7) is 6.38. The molecule has 1 aliphatic heterocycles. The predicted octanol–water partition coefficient (Wildman–Crippen LogP) is 5.47. The molecule has 0 spiro atoms. The number of methoxy groups -OCH3 is 2. The first-order valence-corrected chi connectivity index (χ1v) is 14.2. The van der Waals surface area contributed by atoms with Gasteiger partial charge in [0.2, 0.25) is 0 Å². The standard InChI is InChI=1S/C33H39N3O6/c1-37-31-7-3-5-27(19-31)22-36(21-26-9-11-30(12-10-26)35-13-15-39-16-14-35)33-34-29(25-42-33)24-41-18-17-40-23-28-6-4-8-32(20-28)38-2/h3-12,19-20,25H,13-18,21-24H2,1-2H3. The summed E-state index contributed by atoms with van der Waals surface area (Å²) in [4.78, 5) is 9.22. The minimum atomic E-state index is 0.341. The van der Waals surface area contributed by atoms with E-state index in [4.69, 9.17) is 33.1 Å². The lowest BCUT2D eigenvalue weighted by molar-refractivity contribution is 0.0328. The van der Waals surface area contributed by atoms with Crippen molar-refractivity contribution in [3.05, 3.63) is 101 Å². The molecule has 0 saturated carbocycles. The third-order valence-corrected chi connectivity index (χ3v) is 7.03. The van der Waals surface area contributed by atoms with Crippen molar-refractivity contribution in [2.24, 2.45) is 0 Å². The first-order valence-electron chi connectivity index (χ1n) is 14.2. The Bertz CT molecular complexity index is 1370. The molecule has 1 saturated heterocycles. The van der Waals surface area contributed by atoms with E-state index in [0.29, 0.717) is 45.5 Å². The van der Waals surface area contributed by atoms with E-state index in [1.807, 2.05) is 42.5 Å². The summed E-state index contributed by atoms with van der Waals surface area (Å²) < 4.78 is 33.7. The predicted molar refractivity (Wildman–Crippen MR) is 161 cm³/mol. The molecule has 0 aliphatic carbocycles. The Hall–Kier alpha value is -4.05. The molecular weight excluding hydrogens is 534 g/mol. The fraction of sp³-hybridized carbons (Fsp3) is 0.364. The van der Waals surface area contributed by atoms with E-state index >= 15 is 0 Å². The second-order valence-electron chi connectivity index (χ2n) is 10.1. The average Bonchev–Trinajstić information content (AvgIpc) is 3.52. The molecular formula is C33H39N3O6. The highest BCUT2D eigenvalue weighted by Gasteiger charge is 2.17. The lowest BCUT2D eigenvalue weighted by Gasteiger charge is -2.29. The summed E-state index contributed by atoms with van der Waals surface area (Å²) in [5.74, 6) is 1.64. The van der Waals surface area contributed by atoms with Crippen LogP contribution < -0.4 is 19.3 Å². The van der Waals surface area contributed by atoms with Gasteiger partial charge in [-0.15, -0.1) is 0 Å². The number of benzene rings is 3. The zero-order valence-corrected chi connectivity index (χ0v) is 24.4. The van der Waals surface area contributed by atoms with Crippen LogP contribution in [0.2, 0.25) is 0 Å². The Morgan fingerprint density at radius 2 is 1.40 bits per heavy atom. The topological polar surface area (TPSA) is 78.7 Å². The van der Waals surface area contributed by atoms with Crippen molar-refractivity contribution in [2.45, 2.75) is 26.3 Å².